The van der Waals surface area contributed by atoms with E-state index in [4.69, 9.17) is 0 Å². The molecule has 0 aromatic heterocycles. The Hall–Kier alpha value is 0. The molecule has 0 N–H and O–H groups in total. The Kier molecular flexibility index (Phi) is 8.32. The lowest BCUT2D eigenvalue weighted by atomic mass is 9.76. The molecule has 0 bridgehead atoms. The van der Waals surface area contributed by atoms with Crippen LogP contribution in [0.15, 0.2) is 0 Å². The van der Waals surface area contributed by atoms with Crippen LogP contribution in [-0.2, 0) is 0 Å². The van der Waals surface area contributed by atoms with Crippen LogP contribution in [0.3, 0.4) is 0 Å². The fraction of sp³-hybridized carbons (Fsp3) is 0.929. The van der Waals surface area contributed by atoms with Gasteiger partial charge in [0.05, 0.1) is 0 Å². The topological polar surface area (TPSA) is 0 Å². The third-order valence-electron chi connectivity index (χ3n) is 3.18. The molecule has 0 spiro atoms. The van der Waals surface area contributed by atoms with E-state index in [9.17, 15) is 0 Å². The molecule has 0 atom stereocenters. The van der Waals surface area contributed by atoms with Crippen LogP contribution in [0.25, 0.3) is 0 Å². The third-order valence-corrected chi connectivity index (χ3v) is 3.18. The summed E-state index contributed by atoms with van der Waals surface area (Å²) < 4.78 is 0. The van der Waals surface area contributed by atoms with Crippen molar-refractivity contribution in [3.8, 4) is 0 Å². The van der Waals surface area contributed by atoms with Crippen LogP contribution in [0.5, 0.6) is 0 Å². The molecule has 0 heterocycles. The maximum absolute atomic E-state index is 4.48. The first-order valence-electron chi connectivity index (χ1n) is 6.54. The van der Waals surface area contributed by atoms with E-state index in [0.717, 1.165) is 0 Å². The highest BCUT2D eigenvalue weighted by Gasteiger charge is 2.21. The fourth-order valence-electron chi connectivity index (χ4n) is 2.03. The normalized spacial score (nSPS) is 12.0. The molecule has 0 aromatic rings. The second-order valence-corrected chi connectivity index (χ2v) is 4.81. The minimum Gasteiger partial charge on any atom is -0.0654 e. The summed E-state index contributed by atoms with van der Waals surface area (Å²) in [6.07, 6.45) is 12.0. The summed E-state index contributed by atoms with van der Waals surface area (Å²) in [5, 5.41) is 0. The van der Waals surface area contributed by atoms with Gasteiger partial charge in [0.2, 0.25) is 0 Å². The van der Waals surface area contributed by atoms with Gasteiger partial charge in [-0.25, -0.2) is 0 Å². The van der Waals surface area contributed by atoms with Crippen molar-refractivity contribution in [2.75, 3.05) is 0 Å². The first kappa shape index (κ1) is 14.0. The molecule has 0 heteroatoms. The fourth-order valence-corrected chi connectivity index (χ4v) is 2.03. The molecule has 1 radical (unpaired) electrons. The number of hydrogen-bond donors (Lipinski definition) is 0. The average molecular weight is 197 g/mol. The van der Waals surface area contributed by atoms with E-state index in [2.05, 4.69) is 27.7 Å². The van der Waals surface area contributed by atoms with Crippen LogP contribution in [0.4, 0.5) is 0 Å². The SMILES string of the molecule is [CH2]C(CCCC)(CCCC)CCCC. The van der Waals surface area contributed by atoms with Gasteiger partial charge in [0.1, 0.15) is 0 Å². The molecule has 0 fully saturated rings. The lowest BCUT2D eigenvalue weighted by Crippen LogP contribution is -2.16. The highest BCUT2D eigenvalue weighted by Crippen LogP contribution is 2.35. The van der Waals surface area contributed by atoms with Gasteiger partial charge in [0.15, 0.2) is 0 Å². The van der Waals surface area contributed by atoms with Gasteiger partial charge >= 0.3 is 0 Å². The van der Waals surface area contributed by atoms with Crippen molar-refractivity contribution in [1.29, 1.82) is 0 Å². The molecule has 0 unspecified atom stereocenters. The number of hydrogen-bond acceptors (Lipinski definition) is 0. The molecule has 0 saturated carbocycles. The highest BCUT2D eigenvalue weighted by atomic mass is 14.3. The monoisotopic (exact) mass is 197 g/mol. The zero-order chi connectivity index (χ0) is 10.9. The van der Waals surface area contributed by atoms with Gasteiger partial charge in [-0.3, -0.25) is 0 Å². The van der Waals surface area contributed by atoms with E-state index >= 15 is 0 Å². The first-order chi connectivity index (χ1) is 6.68. The highest BCUT2D eigenvalue weighted by molar-refractivity contribution is 4.81. The Morgan fingerprint density at radius 2 is 1.00 bits per heavy atom. The van der Waals surface area contributed by atoms with Crippen molar-refractivity contribution in [3.63, 3.8) is 0 Å². The van der Waals surface area contributed by atoms with E-state index in [1.54, 1.807) is 0 Å². The van der Waals surface area contributed by atoms with Gasteiger partial charge in [0, 0.05) is 0 Å². The van der Waals surface area contributed by atoms with E-state index in [1.807, 2.05) is 0 Å². The van der Waals surface area contributed by atoms with Crippen molar-refractivity contribution in [2.24, 2.45) is 5.41 Å². The summed E-state index contributed by atoms with van der Waals surface area (Å²) >= 11 is 0. The van der Waals surface area contributed by atoms with Gasteiger partial charge in [0.25, 0.3) is 0 Å². The van der Waals surface area contributed by atoms with Gasteiger partial charge in [-0.1, -0.05) is 59.3 Å². The van der Waals surface area contributed by atoms with Crippen molar-refractivity contribution in [3.05, 3.63) is 6.92 Å². The molecule has 0 aliphatic rings. The van der Waals surface area contributed by atoms with Gasteiger partial charge < -0.3 is 0 Å². The molecule has 0 aromatic carbocycles. The van der Waals surface area contributed by atoms with Crippen molar-refractivity contribution < 1.29 is 0 Å². The predicted molar refractivity (Wildman–Crippen MR) is 66.4 cm³/mol. The van der Waals surface area contributed by atoms with E-state index < -0.39 is 0 Å². The zero-order valence-electron chi connectivity index (χ0n) is 10.6. The van der Waals surface area contributed by atoms with Crippen LogP contribution in [0, 0.1) is 12.3 Å². The van der Waals surface area contributed by atoms with Crippen LogP contribution in [0.2, 0.25) is 0 Å². The van der Waals surface area contributed by atoms with Crippen LogP contribution in [-0.4, -0.2) is 0 Å². The minimum absolute atomic E-state index is 0.405. The molecule has 0 rings (SSSR count). The molecule has 85 valence electrons. The summed E-state index contributed by atoms with van der Waals surface area (Å²) in [4.78, 5) is 0. The summed E-state index contributed by atoms with van der Waals surface area (Å²) in [5.74, 6) is 0. The third kappa shape index (κ3) is 6.45. The number of unbranched alkanes of at least 4 members (excludes halogenated alkanes) is 3. The lowest BCUT2D eigenvalue weighted by Gasteiger charge is -2.29. The lowest BCUT2D eigenvalue weighted by molar-refractivity contribution is 0.268. The molecule has 0 aliphatic carbocycles. The summed E-state index contributed by atoms with van der Waals surface area (Å²) in [5.41, 5.74) is 0.405. The zero-order valence-corrected chi connectivity index (χ0v) is 10.6. The van der Waals surface area contributed by atoms with Crippen molar-refractivity contribution in [1.82, 2.24) is 0 Å². The Balaban J connectivity index is 3.89. The van der Waals surface area contributed by atoms with Crippen molar-refractivity contribution >= 4 is 0 Å². The second-order valence-electron chi connectivity index (χ2n) is 4.81. The van der Waals surface area contributed by atoms with Gasteiger partial charge in [-0.2, -0.15) is 0 Å². The molecule has 0 saturated heterocycles. The molecule has 0 aliphatic heterocycles. The largest absolute Gasteiger partial charge is 0.0654 e. The Morgan fingerprint density at radius 3 is 1.21 bits per heavy atom. The summed E-state index contributed by atoms with van der Waals surface area (Å²) in [6, 6.07) is 0. The van der Waals surface area contributed by atoms with Crippen LogP contribution >= 0.6 is 0 Å². The molecular weight excluding hydrogens is 168 g/mol. The molecule has 0 amide bonds. The number of rotatable bonds is 9. The summed E-state index contributed by atoms with van der Waals surface area (Å²) in [6.45, 7) is 11.3. The maximum atomic E-state index is 4.48. The standard InChI is InChI=1S/C14H29/c1-5-8-11-14(4,12-9-6-2)13-10-7-3/h4-13H2,1-3H3. The smallest absolute Gasteiger partial charge is 0.0297 e. The quantitative estimate of drug-likeness (QED) is 0.465. The predicted octanol–water partition coefficient (Wildman–Crippen LogP) is 5.38. The molecule has 14 heavy (non-hydrogen) atoms. The molecular formula is C14H29. The van der Waals surface area contributed by atoms with Gasteiger partial charge in [-0.15, -0.1) is 0 Å². The van der Waals surface area contributed by atoms with Crippen LogP contribution < -0.4 is 0 Å². The summed E-state index contributed by atoms with van der Waals surface area (Å²) in [7, 11) is 0. The second kappa shape index (κ2) is 8.32. The first-order valence-corrected chi connectivity index (χ1v) is 6.54. The van der Waals surface area contributed by atoms with E-state index in [0.29, 0.717) is 5.41 Å². The Labute approximate surface area is 91.5 Å². The molecule has 0 nitrogen and oxygen atoms in total. The van der Waals surface area contributed by atoms with Crippen molar-refractivity contribution in [2.45, 2.75) is 78.6 Å². The van der Waals surface area contributed by atoms with Crippen LogP contribution in [0.1, 0.15) is 78.6 Å². The maximum Gasteiger partial charge on any atom is -0.0297 e. The minimum atomic E-state index is 0.405. The van der Waals surface area contributed by atoms with E-state index in [-0.39, 0.29) is 0 Å². The Bertz CT molecular complexity index is 93.4. The van der Waals surface area contributed by atoms with E-state index in [1.165, 1.54) is 57.8 Å². The average Bonchev–Trinajstić information content (AvgIpc) is 2.21. The van der Waals surface area contributed by atoms with Gasteiger partial charge in [-0.05, 0) is 31.6 Å². The Morgan fingerprint density at radius 1 is 0.714 bits per heavy atom.